The number of pyridine rings is 2. The van der Waals surface area contributed by atoms with E-state index in [1.54, 1.807) is 24.3 Å². The summed E-state index contributed by atoms with van der Waals surface area (Å²) in [6, 6.07) is 7.38. The summed E-state index contributed by atoms with van der Waals surface area (Å²) in [5.41, 5.74) is 1.97. The lowest BCUT2D eigenvalue weighted by molar-refractivity contribution is -0.121. The molecule has 2 amide bonds. The Labute approximate surface area is 203 Å². The lowest BCUT2D eigenvalue weighted by Crippen LogP contribution is -2.38. The van der Waals surface area contributed by atoms with Crippen LogP contribution in [0.3, 0.4) is 0 Å². The summed E-state index contributed by atoms with van der Waals surface area (Å²) in [5.74, 6) is -0.369. The number of likely N-dealkylation sites (tertiary alicyclic amines) is 1. The van der Waals surface area contributed by atoms with E-state index in [0.717, 1.165) is 31.4 Å². The molecule has 34 heavy (non-hydrogen) atoms. The van der Waals surface area contributed by atoms with Crippen molar-refractivity contribution in [2.24, 2.45) is 5.92 Å². The third-order valence-electron chi connectivity index (χ3n) is 6.82. The largest absolute Gasteiger partial charge is 0.447 e. The van der Waals surface area contributed by atoms with Gasteiger partial charge in [-0.25, -0.2) is 9.97 Å². The number of hydrogen-bond acceptors (Lipinski definition) is 6. The molecule has 0 atom stereocenters. The van der Waals surface area contributed by atoms with Crippen molar-refractivity contribution in [3.8, 4) is 0 Å². The molecular weight excluding hydrogens is 454 g/mol. The van der Waals surface area contributed by atoms with Crippen LogP contribution >= 0.6 is 11.6 Å². The summed E-state index contributed by atoms with van der Waals surface area (Å²) in [7, 11) is 0. The summed E-state index contributed by atoms with van der Waals surface area (Å²) in [6.07, 6.45) is 7.72. The number of amides is 2. The molecule has 1 aliphatic carbocycles. The number of rotatable bonds is 5. The zero-order valence-corrected chi connectivity index (χ0v) is 19.9. The van der Waals surface area contributed by atoms with Gasteiger partial charge in [0.05, 0.1) is 5.02 Å². The summed E-state index contributed by atoms with van der Waals surface area (Å²) in [4.78, 5) is 37.5. The molecule has 8 nitrogen and oxygen atoms in total. The highest BCUT2D eigenvalue weighted by molar-refractivity contribution is 6.30. The molecule has 0 radical (unpaired) electrons. The topological polar surface area (TPSA) is 100 Å². The summed E-state index contributed by atoms with van der Waals surface area (Å²) in [5, 5.41) is 6.15. The number of carbonyl (C=O) groups is 2. The molecule has 0 aromatic carbocycles. The Morgan fingerprint density at radius 3 is 2.53 bits per heavy atom. The minimum Gasteiger partial charge on any atom is -0.447 e. The van der Waals surface area contributed by atoms with Gasteiger partial charge in [-0.15, -0.1) is 0 Å². The molecule has 0 unspecified atom stereocenters. The fourth-order valence-electron chi connectivity index (χ4n) is 5.01. The highest BCUT2D eigenvalue weighted by Gasteiger charge is 2.32. The Balaban J connectivity index is 1.35. The molecule has 4 heterocycles. The van der Waals surface area contributed by atoms with Crippen LogP contribution in [0.2, 0.25) is 5.02 Å². The maximum absolute atomic E-state index is 13.2. The Hall–Kier alpha value is -2.97. The van der Waals surface area contributed by atoms with Crippen molar-refractivity contribution in [1.29, 1.82) is 0 Å². The Morgan fingerprint density at radius 2 is 1.82 bits per heavy atom. The zero-order chi connectivity index (χ0) is 23.7. The van der Waals surface area contributed by atoms with E-state index >= 15 is 0 Å². The van der Waals surface area contributed by atoms with Gasteiger partial charge in [0, 0.05) is 23.9 Å². The first kappa shape index (κ1) is 22.8. The predicted molar refractivity (Wildman–Crippen MR) is 131 cm³/mol. The van der Waals surface area contributed by atoms with Crippen molar-refractivity contribution in [2.75, 3.05) is 23.7 Å². The maximum atomic E-state index is 13.2. The Morgan fingerprint density at radius 1 is 1.06 bits per heavy atom. The van der Waals surface area contributed by atoms with Crippen LogP contribution in [0.5, 0.6) is 0 Å². The molecule has 2 N–H and O–H groups in total. The molecule has 0 bridgehead atoms. The number of carbonyl (C=O) groups excluding carboxylic acids is 2. The average molecular weight is 482 g/mol. The lowest BCUT2D eigenvalue weighted by Gasteiger charge is -2.33. The van der Waals surface area contributed by atoms with Gasteiger partial charge < -0.3 is 20.0 Å². The Kier molecular flexibility index (Phi) is 6.52. The molecule has 3 aromatic heterocycles. The van der Waals surface area contributed by atoms with Gasteiger partial charge in [0.2, 0.25) is 11.7 Å². The highest BCUT2D eigenvalue weighted by atomic mass is 35.5. The van der Waals surface area contributed by atoms with Crippen LogP contribution in [0.25, 0.3) is 11.1 Å². The summed E-state index contributed by atoms with van der Waals surface area (Å²) < 4.78 is 5.83. The molecule has 1 aliphatic heterocycles. The van der Waals surface area contributed by atoms with Gasteiger partial charge in [-0.1, -0.05) is 11.6 Å². The lowest BCUT2D eigenvalue weighted by atomic mass is 9.85. The molecule has 1 saturated heterocycles. The first-order chi connectivity index (χ1) is 16.5. The summed E-state index contributed by atoms with van der Waals surface area (Å²) in [6.45, 7) is 4.21. The number of fused-ring (bicyclic) bond motifs is 1. The van der Waals surface area contributed by atoms with E-state index in [1.807, 2.05) is 6.92 Å². The Bertz CT molecular complexity index is 1200. The van der Waals surface area contributed by atoms with Gasteiger partial charge in [0.25, 0.3) is 5.91 Å². The van der Waals surface area contributed by atoms with Gasteiger partial charge in [-0.3, -0.25) is 9.59 Å². The van der Waals surface area contributed by atoms with Crippen molar-refractivity contribution in [3.05, 3.63) is 46.9 Å². The van der Waals surface area contributed by atoms with E-state index in [9.17, 15) is 9.59 Å². The van der Waals surface area contributed by atoms with Gasteiger partial charge in [-0.05, 0) is 82.8 Å². The van der Waals surface area contributed by atoms with Gasteiger partial charge in [0.1, 0.15) is 17.0 Å². The van der Waals surface area contributed by atoms with E-state index in [1.165, 1.54) is 32.1 Å². The molecule has 2 fully saturated rings. The normalized spacial score (nSPS) is 21.0. The number of aryl methyl sites for hydroxylation is 1. The van der Waals surface area contributed by atoms with E-state index < -0.39 is 5.91 Å². The molecule has 3 aromatic rings. The van der Waals surface area contributed by atoms with Gasteiger partial charge >= 0.3 is 0 Å². The van der Waals surface area contributed by atoms with Crippen LogP contribution in [0.4, 0.5) is 11.5 Å². The van der Waals surface area contributed by atoms with E-state index in [4.69, 9.17) is 16.0 Å². The summed E-state index contributed by atoms with van der Waals surface area (Å²) >= 11 is 5.88. The average Bonchev–Trinajstić information content (AvgIpc) is 3.49. The van der Waals surface area contributed by atoms with Crippen molar-refractivity contribution >= 4 is 46.0 Å². The highest BCUT2D eigenvalue weighted by Crippen LogP contribution is 2.34. The second-order valence-corrected chi connectivity index (χ2v) is 9.60. The van der Waals surface area contributed by atoms with Crippen molar-refractivity contribution in [3.63, 3.8) is 0 Å². The SMILES string of the molecule is Cc1ccc2oc(C(=O)Nc3ccc(Cl)cn3)c(NC(=O)C3CCC(N4CCCC4)CC3)c2n1. The smallest absolute Gasteiger partial charge is 0.294 e. The zero-order valence-electron chi connectivity index (χ0n) is 19.1. The molecule has 9 heteroatoms. The molecule has 0 spiro atoms. The third kappa shape index (κ3) is 4.79. The van der Waals surface area contributed by atoms with Crippen LogP contribution < -0.4 is 10.6 Å². The number of nitrogens with one attached hydrogen (secondary N) is 2. The van der Waals surface area contributed by atoms with Crippen LogP contribution in [0, 0.1) is 12.8 Å². The number of furan rings is 1. The molecular formula is C25H28ClN5O3. The second-order valence-electron chi connectivity index (χ2n) is 9.16. The van der Waals surface area contributed by atoms with E-state index in [-0.39, 0.29) is 17.6 Å². The predicted octanol–water partition coefficient (Wildman–Crippen LogP) is 5.03. The quantitative estimate of drug-likeness (QED) is 0.530. The molecule has 178 valence electrons. The molecule has 5 rings (SSSR count). The van der Waals surface area contributed by atoms with Gasteiger partial charge in [0.15, 0.2) is 5.58 Å². The second kappa shape index (κ2) is 9.72. The first-order valence-corrected chi connectivity index (χ1v) is 12.2. The van der Waals surface area contributed by atoms with Crippen molar-refractivity contribution in [2.45, 2.75) is 51.5 Å². The first-order valence-electron chi connectivity index (χ1n) is 11.9. The minimum atomic E-state index is -0.515. The van der Waals surface area contributed by atoms with Gasteiger partial charge in [-0.2, -0.15) is 0 Å². The van der Waals surface area contributed by atoms with Crippen LogP contribution in [-0.4, -0.2) is 45.8 Å². The van der Waals surface area contributed by atoms with Crippen LogP contribution in [0.1, 0.15) is 54.8 Å². The van der Waals surface area contributed by atoms with Crippen LogP contribution in [0.15, 0.2) is 34.9 Å². The standard InChI is InChI=1S/C25H28ClN5O3/c1-15-4-10-19-21(28-15)22(23(34-19)25(33)29-20-11-7-17(26)14-27-20)30-24(32)16-5-8-18(9-6-16)31-12-2-3-13-31/h4,7,10-11,14,16,18H,2-3,5-6,8-9,12-13H2,1H3,(H,30,32)(H,27,29,33). The van der Waals surface area contributed by atoms with Crippen molar-refractivity contribution < 1.29 is 14.0 Å². The van der Waals surface area contributed by atoms with E-state index in [2.05, 4.69) is 25.5 Å². The van der Waals surface area contributed by atoms with Crippen molar-refractivity contribution in [1.82, 2.24) is 14.9 Å². The fourth-order valence-corrected chi connectivity index (χ4v) is 5.12. The fraction of sp³-hybridized carbons (Fsp3) is 0.440. The number of halogens is 1. The minimum absolute atomic E-state index is 0.00366. The van der Waals surface area contributed by atoms with E-state index in [0.29, 0.717) is 33.7 Å². The monoisotopic (exact) mass is 481 g/mol. The number of nitrogens with zero attached hydrogens (tertiary/aromatic N) is 3. The van der Waals surface area contributed by atoms with Crippen LogP contribution in [-0.2, 0) is 4.79 Å². The number of hydrogen-bond donors (Lipinski definition) is 2. The molecule has 1 saturated carbocycles. The number of aromatic nitrogens is 2. The number of anilines is 2. The third-order valence-corrected chi connectivity index (χ3v) is 7.04. The molecule has 2 aliphatic rings. The maximum Gasteiger partial charge on any atom is 0.294 e.